The van der Waals surface area contributed by atoms with E-state index in [0.29, 0.717) is 4.67 Å². The lowest BCUT2D eigenvalue weighted by atomic mass is 10.2. The number of hydrogen-bond donors (Lipinski definition) is 2. The molecule has 0 aliphatic carbocycles. The zero-order valence-electron chi connectivity index (χ0n) is 11.6. The van der Waals surface area contributed by atoms with Crippen LogP contribution in [0.1, 0.15) is 20.8 Å². The molecule has 20 heavy (non-hydrogen) atoms. The quantitative estimate of drug-likeness (QED) is 0.875. The van der Waals surface area contributed by atoms with Crippen molar-refractivity contribution in [2.75, 3.05) is 18.4 Å². The van der Waals surface area contributed by atoms with Crippen LogP contribution in [-0.4, -0.2) is 35.7 Å². The van der Waals surface area contributed by atoms with Crippen molar-refractivity contribution in [2.24, 2.45) is 5.73 Å². The van der Waals surface area contributed by atoms with E-state index >= 15 is 0 Å². The lowest BCUT2D eigenvalue weighted by molar-refractivity contribution is 0.0336. The number of imide groups is 1. The fourth-order valence-corrected chi connectivity index (χ4v) is 1.58. The third-order valence-electron chi connectivity index (χ3n) is 2.02. The van der Waals surface area contributed by atoms with Crippen LogP contribution in [0.2, 0.25) is 0 Å². The monoisotopic (exact) mass is 347 g/mol. The van der Waals surface area contributed by atoms with Gasteiger partial charge in [-0.2, -0.15) is 0 Å². The third-order valence-corrected chi connectivity index (χ3v) is 2.44. The van der Waals surface area contributed by atoms with E-state index in [0.717, 1.165) is 4.90 Å². The first kappa shape index (κ1) is 16.5. The van der Waals surface area contributed by atoms with Gasteiger partial charge in [0.2, 0.25) is 5.88 Å². The normalized spacial score (nSPS) is 11.1. The Kier molecular flexibility index (Phi) is 5.58. The lowest BCUT2D eigenvalue weighted by Crippen LogP contribution is -2.45. The molecule has 112 valence electrons. The molecule has 8 heteroatoms. The van der Waals surface area contributed by atoms with Crippen LogP contribution in [0.25, 0.3) is 0 Å². The summed E-state index contributed by atoms with van der Waals surface area (Å²) in [6.07, 6.45) is -0.758. The van der Waals surface area contributed by atoms with Gasteiger partial charge in [-0.3, -0.25) is 5.32 Å². The first-order valence-electron chi connectivity index (χ1n) is 6.00. The molecule has 0 bridgehead atoms. The van der Waals surface area contributed by atoms with E-state index in [1.165, 1.54) is 0 Å². The summed E-state index contributed by atoms with van der Waals surface area (Å²) in [5.74, 6) is 0.215. The van der Waals surface area contributed by atoms with E-state index in [1.54, 1.807) is 32.9 Å². The van der Waals surface area contributed by atoms with Gasteiger partial charge in [-0.25, -0.2) is 14.5 Å². The molecule has 0 spiro atoms. The summed E-state index contributed by atoms with van der Waals surface area (Å²) in [6, 6.07) is 2.51. The van der Waals surface area contributed by atoms with Gasteiger partial charge in [-0.05, 0) is 42.8 Å². The van der Waals surface area contributed by atoms with E-state index in [2.05, 4.69) is 21.2 Å². The molecule has 1 aromatic rings. The average Bonchev–Trinajstić information content (AvgIpc) is 2.68. The number of amides is 3. The molecule has 0 fully saturated rings. The van der Waals surface area contributed by atoms with Crippen molar-refractivity contribution in [1.29, 1.82) is 0 Å². The largest absolute Gasteiger partial charge is 0.443 e. The van der Waals surface area contributed by atoms with Crippen LogP contribution in [0, 0.1) is 0 Å². The van der Waals surface area contributed by atoms with Crippen molar-refractivity contribution in [2.45, 2.75) is 26.4 Å². The fourth-order valence-electron chi connectivity index (χ4n) is 1.28. The Labute approximate surface area is 125 Å². The Morgan fingerprint density at radius 1 is 1.45 bits per heavy atom. The van der Waals surface area contributed by atoms with Gasteiger partial charge in [-0.1, -0.05) is 0 Å². The van der Waals surface area contributed by atoms with Crippen molar-refractivity contribution in [3.63, 3.8) is 0 Å². The molecule has 0 aromatic carbocycles. The Hall–Kier alpha value is -1.54. The van der Waals surface area contributed by atoms with Gasteiger partial charge in [0.25, 0.3) is 0 Å². The zero-order valence-corrected chi connectivity index (χ0v) is 13.2. The van der Waals surface area contributed by atoms with E-state index < -0.39 is 17.7 Å². The summed E-state index contributed by atoms with van der Waals surface area (Å²) >= 11 is 3.12. The number of hydrogen-bond acceptors (Lipinski definition) is 5. The highest BCUT2D eigenvalue weighted by Crippen LogP contribution is 2.19. The number of urea groups is 1. The van der Waals surface area contributed by atoms with Crippen LogP contribution in [0.5, 0.6) is 0 Å². The molecule has 0 radical (unpaired) electrons. The third kappa shape index (κ3) is 5.22. The van der Waals surface area contributed by atoms with Crippen molar-refractivity contribution < 1.29 is 18.7 Å². The second-order valence-corrected chi connectivity index (χ2v) is 5.74. The van der Waals surface area contributed by atoms with Crippen LogP contribution in [0.3, 0.4) is 0 Å². The second kappa shape index (κ2) is 6.76. The van der Waals surface area contributed by atoms with Gasteiger partial charge in [0.1, 0.15) is 5.60 Å². The lowest BCUT2D eigenvalue weighted by Gasteiger charge is -2.25. The molecule has 1 aromatic heterocycles. The summed E-state index contributed by atoms with van der Waals surface area (Å²) < 4.78 is 10.8. The van der Waals surface area contributed by atoms with Gasteiger partial charge in [0.05, 0.1) is 0 Å². The number of anilines is 1. The molecule has 0 aliphatic heterocycles. The van der Waals surface area contributed by atoms with E-state index in [1.807, 2.05) is 0 Å². The smallest absolute Gasteiger partial charge is 0.418 e. The Bertz CT molecular complexity index is 481. The number of carbonyl (C=O) groups is 2. The van der Waals surface area contributed by atoms with Gasteiger partial charge in [-0.15, -0.1) is 0 Å². The first-order valence-corrected chi connectivity index (χ1v) is 6.79. The molecular formula is C12H18BrN3O4. The molecule has 0 aliphatic rings. The maximum absolute atomic E-state index is 12.0. The number of nitrogens with zero attached hydrogens (tertiary/aromatic N) is 1. The number of ether oxygens (including phenoxy) is 1. The van der Waals surface area contributed by atoms with Crippen LogP contribution < -0.4 is 11.1 Å². The standard InChI is InChI=1S/C12H18BrN3O4/c1-12(2,3)20-11(18)16(7-6-14)10(17)15-9-5-4-8(13)19-9/h4-5H,6-7,14H2,1-3H3,(H,15,17). The Balaban J connectivity index is 2.74. The Morgan fingerprint density at radius 3 is 2.55 bits per heavy atom. The topological polar surface area (TPSA) is 97.8 Å². The van der Waals surface area contributed by atoms with E-state index in [4.69, 9.17) is 14.9 Å². The zero-order chi connectivity index (χ0) is 15.3. The molecule has 0 atom stereocenters. The van der Waals surface area contributed by atoms with Gasteiger partial charge < -0.3 is 14.9 Å². The summed E-state index contributed by atoms with van der Waals surface area (Å²) in [7, 11) is 0. The number of furan rings is 1. The summed E-state index contributed by atoms with van der Waals surface area (Å²) in [5, 5.41) is 2.45. The number of carbonyl (C=O) groups excluding carboxylic acids is 2. The van der Waals surface area contributed by atoms with Crippen molar-refractivity contribution >= 4 is 33.9 Å². The van der Waals surface area contributed by atoms with Gasteiger partial charge in [0.15, 0.2) is 4.67 Å². The van der Waals surface area contributed by atoms with Crippen molar-refractivity contribution in [1.82, 2.24) is 4.90 Å². The SMILES string of the molecule is CC(C)(C)OC(=O)N(CCN)C(=O)Nc1ccc(Br)o1. The maximum Gasteiger partial charge on any atom is 0.418 e. The summed E-state index contributed by atoms with van der Waals surface area (Å²) in [6.45, 7) is 5.32. The van der Waals surface area contributed by atoms with Crippen molar-refractivity contribution in [3.05, 3.63) is 16.8 Å². The Morgan fingerprint density at radius 2 is 2.10 bits per heavy atom. The highest BCUT2D eigenvalue weighted by Gasteiger charge is 2.27. The molecule has 3 amide bonds. The molecule has 3 N–H and O–H groups in total. The highest BCUT2D eigenvalue weighted by molar-refractivity contribution is 9.10. The maximum atomic E-state index is 12.0. The predicted octanol–water partition coefficient (Wildman–Crippen LogP) is 2.77. The molecule has 1 rings (SSSR count). The summed E-state index contributed by atoms with van der Waals surface area (Å²) in [5.41, 5.74) is 4.71. The second-order valence-electron chi connectivity index (χ2n) is 4.95. The van der Waals surface area contributed by atoms with Gasteiger partial charge in [0, 0.05) is 19.2 Å². The molecule has 1 heterocycles. The van der Waals surface area contributed by atoms with Crippen LogP contribution in [0.4, 0.5) is 15.5 Å². The van der Waals surface area contributed by atoms with Gasteiger partial charge >= 0.3 is 12.1 Å². The predicted molar refractivity (Wildman–Crippen MR) is 77.4 cm³/mol. The van der Waals surface area contributed by atoms with Crippen LogP contribution in [-0.2, 0) is 4.74 Å². The highest BCUT2D eigenvalue weighted by atomic mass is 79.9. The molecule has 0 saturated carbocycles. The number of halogens is 1. The number of nitrogens with one attached hydrogen (secondary N) is 1. The van der Waals surface area contributed by atoms with Crippen LogP contribution >= 0.6 is 15.9 Å². The molecule has 0 saturated heterocycles. The number of rotatable bonds is 3. The minimum Gasteiger partial charge on any atom is -0.443 e. The van der Waals surface area contributed by atoms with E-state index in [-0.39, 0.29) is 19.0 Å². The molecule has 0 unspecified atom stereocenters. The van der Waals surface area contributed by atoms with E-state index in [9.17, 15) is 9.59 Å². The molecular weight excluding hydrogens is 330 g/mol. The molecule has 7 nitrogen and oxygen atoms in total. The van der Waals surface area contributed by atoms with Crippen molar-refractivity contribution in [3.8, 4) is 0 Å². The minimum atomic E-state index is -0.758. The average molecular weight is 348 g/mol. The number of nitrogens with two attached hydrogens (primary N) is 1. The summed E-state index contributed by atoms with van der Waals surface area (Å²) in [4.78, 5) is 24.8. The fraction of sp³-hybridized carbons (Fsp3) is 0.500. The first-order chi connectivity index (χ1) is 9.23. The minimum absolute atomic E-state index is 0.0443. The van der Waals surface area contributed by atoms with Crippen LogP contribution in [0.15, 0.2) is 21.2 Å².